The van der Waals surface area contributed by atoms with Crippen LogP contribution in [0.2, 0.25) is 0 Å². The fourth-order valence-corrected chi connectivity index (χ4v) is 2.87. The first kappa shape index (κ1) is 15.7. The number of hydrogen-bond donors (Lipinski definition) is 1. The fourth-order valence-electron chi connectivity index (χ4n) is 2.87. The number of anilines is 2. The van der Waals surface area contributed by atoms with E-state index in [-0.39, 0.29) is 17.4 Å². The molecule has 7 heteroatoms. The molecule has 24 heavy (non-hydrogen) atoms. The number of nitro groups is 1. The number of nitrogens with zero attached hydrogens (tertiary/aromatic N) is 2. The molecule has 0 aliphatic carbocycles. The first-order chi connectivity index (χ1) is 11.5. The molecule has 0 radical (unpaired) electrons. The summed E-state index contributed by atoms with van der Waals surface area (Å²) in [6, 6.07) is 12.8. The summed E-state index contributed by atoms with van der Waals surface area (Å²) in [5.41, 5.74) is 1.80. The lowest BCUT2D eigenvalue weighted by molar-refractivity contribution is -0.384. The minimum Gasteiger partial charge on any atom is -0.318 e. The largest absolute Gasteiger partial charge is 0.318 e. The van der Waals surface area contributed by atoms with Crippen LogP contribution in [-0.4, -0.2) is 22.8 Å². The van der Waals surface area contributed by atoms with E-state index < -0.39 is 16.7 Å². The summed E-state index contributed by atoms with van der Waals surface area (Å²) in [5.74, 6) is -1.50. The Morgan fingerprint density at radius 3 is 2.71 bits per heavy atom. The second-order valence-electron chi connectivity index (χ2n) is 5.62. The SMILES string of the molecule is CC1Cc2ccccc2N1C(=O)C(=O)Nc1cccc([N+](=O)[O-])c1. The number of nitro benzene ring substituents is 1. The number of carbonyl (C=O) groups is 2. The summed E-state index contributed by atoms with van der Waals surface area (Å²) in [6.45, 7) is 1.87. The predicted molar refractivity (Wildman–Crippen MR) is 88.8 cm³/mol. The number of carbonyl (C=O) groups excluding carboxylic acids is 2. The van der Waals surface area contributed by atoms with E-state index in [0.717, 1.165) is 11.3 Å². The van der Waals surface area contributed by atoms with Gasteiger partial charge in [-0.25, -0.2) is 0 Å². The lowest BCUT2D eigenvalue weighted by atomic mass is 10.1. The topological polar surface area (TPSA) is 92.6 Å². The van der Waals surface area contributed by atoms with Gasteiger partial charge in [0.05, 0.1) is 4.92 Å². The normalized spacial score (nSPS) is 15.7. The van der Waals surface area contributed by atoms with Gasteiger partial charge in [0.25, 0.3) is 5.69 Å². The van der Waals surface area contributed by atoms with Crippen molar-refractivity contribution in [1.82, 2.24) is 0 Å². The Kier molecular flexibility index (Phi) is 3.99. The Hall–Kier alpha value is -3.22. The quantitative estimate of drug-likeness (QED) is 0.521. The molecular weight excluding hydrogens is 310 g/mol. The van der Waals surface area contributed by atoms with Crippen molar-refractivity contribution in [3.63, 3.8) is 0 Å². The molecule has 7 nitrogen and oxygen atoms in total. The summed E-state index contributed by atoms with van der Waals surface area (Å²) >= 11 is 0. The Morgan fingerprint density at radius 1 is 1.21 bits per heavy atom. The maximum atomic E-state index is 12.5. The predicted octanol–water partition coefficient (Wildman–Crippen LogP) is 2.51. The van der Waals surface area contributed by atoms with Crippen molar-refractivity contribution in [3.8, 4) is 0 Å². The zero-order chi connectivity index (χ0) is 17.3. The summed E-state index contributed by atoms with van der Waals surface area (Å²) in [5, 5.41) is 13.2. The van der Waals surface area contributed by atoms with Crippen LogP contribution < -0.4 is 10.2 Å². The third-order valence-electron chi connectivity index (χ3n) is 3.94. The Bertz CT molecular complexity index is 834. The molecule has 3 rings (SSSR count). The van der Waals surface area contributed by atoms with Crippen LogP contribution in [0.3, 0.4) is 0 Å². The second-order valence-corrected chi connectivity index (χ2v) is 5.62. The van der Waals surface area contributed by atoms with Gasteiger partial charge >= 0.3 is 11.8 Å². The lowest BCUT2D eigenvalue weighted by Crippen LogP contribution is -2.43. The maximum Gasteiger partial charge on any atom is 0.316 e. The van der Waals surface area contributed by atoms with Gasteiger partial charge in [-0.1, -0.05) is 24.3 Å². The molecule has 1 heterocycles. The molecule has 0 bridgehead atoms. The van der Waals surface area contributed by atoms with Gasteiger partial charge in [-0.3, -0.25) is 19.7 Å². The van der Waals surface area contributed by atoms with Crippen LogP contribution in [0, 0.1) is 10.1 Å². The standard InChI is InChI=1S/C17H15N3O4/c1-11-9-12-5-2-3-8-15(12)19(11)17(22)16(21)18-13-6-4-7-14(10-13)20(23)24/h2-8,10-11H,9H2,1H3,(H,18,21). The minimum atomic E-state index is -0.820. The summed E-state index contributed by atoms with van der Waals surface area (Å²) < 4.78 is 0. The number of benzene rings is 2. The van der Waals surface area contributed by atoms with Crippen molar-refractivity contribution in [2.75, 3.05) is 10.2 Å². The fraction of sp³-hybridized carbons (Fsp3) is 0.176. The second kappa shape index (κ2) is 6.11. The highest BCUT2D eigenvalue weighted by Gasteiger charge is 2.34. The zero-order valence-corrected chi connectivity index (χ0v) is 12.9. The van der Waals surface area contributed by atoms with Gasteiger partial charge in [0, 0.05) is 29.5 Å². The van der Waals surface area contributed by atoms with E-state index in [0.29, 0.717) is 6.42 Å². The lowest BCUT2D eigenvalue weighted by Gasteiger charge is -2.21. The third-order valence-corrected chi connectivity index (χ3v) is 3.94. The molecule has 1 aliphatic rings. The number of rotatable bonds is 2. The highest BCUT2D eigenvalue weighted by atomic mass is 16.6. The molecule has 0 fully saturated rings. The molecular formula is C17H15N3O4. The van der Waals surface area contributed by atoms with Crippen molar-refractivity contribution >= 4 is 28.9 Å². The molecule has 0 saturated carbocycles. The van der Waals surface area contributed by atoms with Gasteiger partial charge in [0.2, 0.25) is 0 Å². The van der Waals surface area contributed by atoms with E-state index in [1.807, 2.05) is 25.1 Å². The molecule has 2 aromatic carbocycles. The van der Waals surface area contributed by atoms with Crippen LogP contribution in [0.5, 0.6) is 0 Å². The monoisotopic (exact) mass is 325 g/mol. The van der Waals surface area contributed by atoms with Crippen molar-refractivity contribution in [2.45, 2.75) is 19.4 Å². The summed E-state index contributed by atoms with van der Waals surface area (Å²) in [6.07, 6.45) is 0.687. The number of non-ortho nitro benzene ring substituents is 1. The van der Waals surface area contributed by atoms with E-state index in [1.165, 1.54) is 29.2 Å². The van der Waals surface area contributed by atoms with E-state index >= 15 is 0 Å². The van der Waals surface area contributed by atoms with Crippen molar-refractivity contribution in [3.05, 3.63) is 64.2 Å². The van der Waals surface area contributed by atoms with Gasteiger partial charge in [-0.15, -0.1) is 0 Å². The number of nitrogens with one attached hydrogen (secondary N) is 1. The van der Waals surface area contributed by atoms with E-state index in [2.05, 4.69) is 5.32 Å². The van der Waals surface area contributed by atoms with Crippen molar-refractivity contribution in [2.24, 2.45) is 0 Å². The first-order valence-electron chi connectivity index (χ1n) is 7.44. The molecule has 122 valence electrons. The maximum absolute atomic E-state index is 12.5. The number of hydrogen-bond acceptors (Lipinski definition) is 4. The third kappa shape index (κ3) is 2.83. The van der Waals surface area contributed by atoms with Crippen LogP contribution in [0.1, 0.15) is 12.5 Å². The molecule has 2 aromatic rings. The van der Waals surface area contributed by atoms with Gasteiger partial charge in [-0.05, 0) is 31.0 Å². The van der Waals surface area contributed by atoms with Gasteiger partial charge in [0.1, 0.15) is 0 Å². The average Bonchev–Trinajstić information content (AvgIpc) is 2.90. The Balaban J connectivity index is 1.80. The van der Waals surface area contributed by atoms with Crippen LogP contribution in [0.25, 0.3) is 0 Å². The minimum absolute atomic E-state index is 0.120. The van der Waals surface area contributed by atoms with E-state index in [9.17, 15) is 19.7 Å². The Morgan fingerprint density at radius 2 is 1.96 bits per heavy atom. The van der Waals surface area contributed by atoms with Gasteiger partial charge < -0.3 is 10.2 Å². The van der Waals surface area contributed by atoms with E-state index in [4.69, 9.17) is 0 Å². The molecule has 1 atom stereocenters. The highest BCUT2D eigenvalue weighted by Crippen LogP contribution is 2.32. The molecule has 0 saturated heterocycles. The molecule has 1 N–H and O–H groups in total. The summed E-state index contributed by atoms with van der Waals surface area (Å²) in [4.78, 5) is 36.5. The van der Waals surface area contributed by atoms with Crippen LogP contribution in [0.15, 0.2) is 48.5 Å². The first-order valence-corrected chi connectivity index (χ1v) is 7.44. The van der Waals surface area contributed by atoms with Crippen molar-refractivity contribution in [1.29, 1.82) is 0 Å². The smallest absolute Gasteiger partial charge is 0.316 e. The van der Waals surface area contributed by atoms with Crippen LogP contribution in [-0.2, 0) is 16.0 Å². The molecule has 1 aliphatic heterocycles. The van der Waals surface area contributed by atoms with Gasteiger partial charge in [-0.2, -0.15) is 0 Å². The van der Waals surface area contributed by atoms with Crippen LogP contribution >= 0.6 is 0 Å². The Labute approximate surface area is 138 Å². The number of amides is 2. The number of fused-ring (bicyclic) bond motifs is 1. The average molecular weight is 325 g/mol. The number of para-hydroxylation sites is 1. The van der Waals surface area contributed by atoms with Crippen LogP contribution in [0.4, 0.5) is 17.1 Å². The molecule has 1 unspecified atom stereocenters. The molecule has 0 aromatic heterocycles. The van der Waals surface area contributed by atoms with E-state index in [1.54, 1.807) is 6.07 Å². The zero-order valence-electron chi connectivity index (χ0n) is 12.9. The van der Waals surface area contributed by atoms with Gasteiger partial charge in [0.15, 0.2) is 0 Å². The molecule has 0 spiro atoms. The highest BCUT2D eigenvalue weighted by molar-refractivity contribution is 6.44. The molecule has 2 amide bonds. The summed E-state index contributed by atoms with van der Waals surface area (Å²) in [7, 11) is 0. The van der Waals surface area contributed by atoms with Crippen molar-refractivity contribution < 1.29 is 14.5 Å².